The van der Waals surface area contributed by atoms with Gasteiger partial charge in [-0.1, -0.05) is 4.99 Å². The Morgan fingerprint density at radius 2 is 2.13 bits per heavy atom. The van der Waals surface area contributed by atoms with E-state index >= 15 is 0 Å². The van der Waals surface area contributed by atoms with Crippen LogP contribution >= 0.6 is 0 Å². The summed E-state index contributed by atoms with van der Waals surface area (Å²) in [4.78, 5) is 31.8. The summed E-state index contributed by atoms with van der Waals surface area (Å²) in [5, 5.41) is 0. The molecule has 122 valence electrons. The molecular formula is C15H20N5O3+. The SMILES string of the molecule is Cc1c[n+]2c(n1CC1CCCO1)N=C1C2C(=O)N(C)C(=O)N1C. The lowest BCUT2D eigenvalue weighted by Gasteiger charge is -2.30. The summed E-state index contributed by atoms with van der Waals surface area (Å²) in [6, 6.07) is -0.903. The topological polar surface area (TPSA) is 71.0 Å². The number of nitrogens with zero attached hydrogens (tertiary/aromatic N) is 5. The van der Waals surface area contributed by atoms with E-state index in [-0.39, 0.29) is 18.0 Å². The lowest BCUT2D eigenvalue weighted by Crippen LogP contribution is -2.61. The summed E-state index contributed by atoms with van der Waals surface area (Å²) in [6.45, 7) is 3.53. The van der Waals surface area contributed by atoms with Crippen molar-refractivity contribution in [2.45, 2.75) is 38.5 Å². The molecule has 0 bridgehead atoms. The van der Waals surface area contributed by atoms with E-state index in [4.69, 9.17) is 4.74 Å². The number of amides is 3. The van der Waals surface area contributed by atoms with Gasteiger partial charge in [-0.05, 0) is 19.8 Å². The molecule has 0 aliphatic carbocycles. The Morgan fingerprint density at radius 3 is 2.83 bits per heavy atom. The van der Waals surface area contributed by atoms with Crippen LogP contribution in [0, 0.1) is 6.92 Å². The first-order valence-electron chi connectivity index (χ1n) is 7.85. The highest BCUT2D eigenvalue weighted by molar-refractivity contribution is 6.18. The van der Waals surface area contributed by atoms with Crippen LogP contribution in [0.4, 0.5) is 10.7 Å². The molecule has 0 N–H and O–H groups in total. The molecular weight excluding hydrogens is 298 g/mol. The molecule has 1 aromatic rings. The number of ether oxygens (including phenoxy) is 1. The van der Waals surface area contributed by atoms with E-state index in [0.29, 0.717) is 11.8 Å². The van der Waals surface area contributed by atoms with Gasteiger partial charge in [-0.25, -0.2) is 13.9 Å². The molecule has 4 rings (SSSR count). The minimum absolute atomic E-state index is 0.186. The largest absolute Gasteiger partial charge is 0.402 e. The molecule has 1 aromatic heterocycles. The maximum Gasteiger partial charge on any atom is 0.402 e. The van der Waals surface area contributed by atoms with Gasteiger partial charge in [0.2, 0.25) is 11.9 Å². The second-order valence-corrected chi connectivity index (χ2v) is 6.33. The molecule has 3 aliphatic rings. The Morgan fingerprint density at radius 1 is 1.35 bits per heavy atom. The lowest BCUT2D eigenvalue weighted by atomic mass is 10.2. The highest BCUT2D eigenvalue weighted by Crippen LogP contribution is 2.29. The number of imide groups is 1. The number of carbonyl (C=O) groups is 2. The number of hydrogen-bond acceptors (Lipinski definition) is 4. The normalized spacial score (nSPS) is 26.7. The lowest BCUT2D eigenvalue weighted by molar-refractivity contribution is -0.677. The third-order valence-electron chi connectivity index (χ3n) is 4.85. The van der Waals surface area contributed by atoms with Crippen molar-refractivity contribution in [2.75, 3.05) is 20.7 Å². The summed E-state index contributed by atoms with van der Waals surface area (Å²) in [5.74, 6) is 0.959. The van der Waals surface area contributed by atoms with E-state index < -0.39 is 6.04 Å². The second-order valence-electron chi connectivity index (χ2n) is 6.33. The van der Waals surface area contributed by atoms with Crippen LogP contribution in [0.5, 0.6) is 0 Å². The van der Waals surface area contributed by atoms with Crippen LogP contribution in [0.1, 0.15) is 24.6 Å². The van der Waals surface area contributed by atoms with Crippen LogP contribution in [-0.2, 0) is 16.1 Å². The number of rotatable bonds is 2. The first kappa shape index (κ1) is 14.4. The number of fused-ring (bicyclic) bond motifs is 3. The standard InChI is InChI=1S/C15H20N5O3/c1-9-7-20-11-12(17(2)15(22)18(3)13(11)21)16-14(20)19(9)8-10-5-4-6-23-10/h7,10-11H,4-6,8H2,1-3H3/q+1. The van der Waals surface area contributed by atoms with Gasteiger partial charge in [-0.15, -0.1) is 0 Å². The number of carbonyl (C=O) groups excluding carboxylic acids is 2. The van der Waals surface area contributed by atoms with Crippen molar-refractivity contribution in [3.63, 3.8) is 0 Å². The minimum atomic E-state index is -0.554. The molecule has 23 heavy (non-hydrogen) atoms. The number of urea groups is 1. The summed E-state index contributed by atoms with van der Waals surface area (Å²) in [7, 11) is 3.16. The van der Waals surface area contributed by atoms with Crippen LogP contribution in [0.15, 0.2) is 11.2 Å². The summed E-state index contributed by atoms with van der Waals surface area (Å²) in [6.07, 6.45) is 4.24. The Kier molecular flexibility index (Phi) is 3.06. The third kappa shape index (κ3) is 1.94. The maximum atomic E-state index is 12.5. The molecule has 2 saturated heterocycles. The molecule has 2 unspecified atom stereocenters. The van der Waals surface area contributed by atoms with E-state index in [1.165, 1.54) is 11.9 Å². The van der Waals surface area contributed by atoms with Gasteiger partial charge in [0.1, 0.15) is 11.9 Å². The molecule has 3 amide bonds. The van der Waals surface area contributed by atoms with Crippen LogP contribution in [0.25, 0.3) is 0 Å². The molecule has 0 radical (unpaired) electrons. The first-order valence-corrected chi connectivity index (χ1v) is 7.85. The number of aliphatic imine (C=N–C) groups is 1. The Hall–Kier alpha value is -2.22. The minimum Gasteiger partial charge on any atom is -0.375 e. The Balaban J connectivity index is 1.75. The van der Waals surface area contributed by atoms with E-state index in [9.17, 15) is 9.59 Å². The van der Waals surface area contributed by atoms with Crippen LogP contribution in [0.2, 0.25) is 0 Å². The van der Waals surface area contributed by atoms with Gasteiger partial charge in [0, 0.05) is 20.7 Å². The molecule has 2 fully saturated rings. The number of aryl methyl sites for hydroxylation is 1. The monoisotopic (exact) mass is 318 g/mol. The molecule has 0 spiro atoms. The second kappa shape index (κ2) is 4.89. The summed E-state index contributed by atoms with van der Waals surface area (Å²) < 4.78 is 9.66. The molecule has 4 heterocycles. The zero-order valence-electron chi connectivity index (χ0n) is 13.5. The van der Waals surface area contributed by atoms with Crippen molar-refractivity contribution in [3.8, 4) is 0 Å². The Bertz CT molecular complexity index is 732. The van der Waals surface area contributed by atoms with Gasteiger partial charge >= 0.3 is 12.0 Å². The average molecular weight is 318 g/mol. The zero-order valence-corrected chi connectivity index (χ0v) is 13.5. The fraction of sp³-hybridized carbons (Fsp3) is 0.600. The zero-order chi connectivity index (χ0) is 16.3. The summed E-state index contributed by atoms with van der Waals surface area (Å²) >= 11 is 0. The first-order chi connectivity index (χ1) is 11.0. The number of imidazole rings is 1. The number of aromatic nitrogens is 2. The number of amidine groups is 1. The maximum absolute atomic E-state index is 12.5. The van der Waals surface area contributed by atoms with Gasteiger partial charge in [0.25, 0.3) is 5.91 Å². The van der Waals surface area contributed by atoms with E-state index in [2.05, 4.69) is 9.56 Å². The quantitative estimate of drug-likeness (QED) is 0.740. The highest BCUT2D eigenvalue weighted by atomic mass is 16.5. The van der Waals surface area contributed by atoms with Crippen molar-refractivity contribution in [1.29, 1.82) is 0 Å². The van der Waals surface area contributed by atoms with E-state index in [1.807, 2.05) is 17.7 Å². The molecule has 0 saturated carbocycles. The smallest absolute Gasteiger partial charge is 0.375 e. The molecule has 3 aliphatic heterocycles. The molecule has 2 atom stereocenters. The van der Waals surface area contributed by atoms with Crippen molar-refractivity contribution in [1.82, 2.24) is 14.4 Å². The van der Waals surface area contributed by atoms with Crippen molar-refractivity contribution >= 4 is 23.7 Å². The number of likely N-dealkylation sites (N-methyl/N-ethyl adjacent to an activating group) is 2. The van der Waals surface area contributed by atoms with Crippen LogP contribution in [0.3, 0.4) is 0 Å². The molecule has 0 aromatic carbocycles. The average Bonchev–Trinajstić information content (AvgIpc) is 3.21. The number of hydrogen-bond donors (Lipinski definition) is 0. The van der Waals surface area contributed by atoms with Gasteiger partial charge in [0.05, 0.1) is 12.6 Å². The highest BCUT2D eigenvalue weighted by Gasteiger charge is 2.52. The Labute approximate surface area is 133 Å². The van der Waals surface area contributed by atoms with Crippen molar-refractivity contribution < 1.29 is 18.9 Å². The van der Waals surface area contributed by atoms with Crippen LogP contribution in [-0.4, -0.2) is 58.9 Å². The third-order valence-corrected chi connectivity index (χ3v) is 4.85. The fourth-order valence-electron chi connectivity index (χ4n) is 3.53. The molecule has 8 nitrogen and oxygen atoms in total. The van der Waals surface area contributed by atoms with Gasteiger partial charge in [-0.3, -0.25) is 14.6 Å². The van der Waals surface area contributed by atoms with Gasteiger partial charge < -0.3 is 4.74 Å². The van der Waals surface area contributed by atoms with Crippen molar-refractivity contribution in [2.24, 2.45) is 4.99 Å². The predicted octanol–water partition coefficient (Wildman–Crippen LogP) is 0.372. The van der Waals surface area contributed by atoms with E-state index in [0.717, 1.165) is 36.6 Å². The fourth-order valence-corrected chi connectivity index (χ4v) is 3.53. The van der Waals surface area contributed by atoms with Gasteiger partial charge in [0.15, 0.2) is 0 Å². The molecule has 8 heteroatoms. The van der Waals surface area contributed by atoms with E-state index in [1.54, 1.807) is 7.05 Å². The van der Waals surface area contributed by atoms with Crippen LogP contribution < -0.4 is 4.57 Å². The van der Waals surface area contributed by atoms with Gasteiger partial charge in [-0.2, -0.15) is 0 Å². The van der Waals surface area contributed by atoms with Crippen molar-refractivity contribution in [3.05, 3.63) is 11.9 Å². The summed E-state index contributed by atoms with van der Waals surface area (Å²) in [5.41, 5.74) is 1.04. The predicted molar refractivity (Wildman–Crippen MR) is 80.4 cm³/mol.